The Morgan fingerprint density at radius 2 is 1.76 bits per heavy atom. The maximum absolute atomic E-state index is 11.4. The van der Waals surface area contributed by atoms with Crippen LogP contribution in [0.3, 0.4) is 0 Å². The number of carbonyl (C=O) groups is 2. The summed E-state index contributed by atoms with van der Waals surface area (Å²) in [6, 6.07) is 0. The number of carbonyl (C=O) groups excluding carboxylic acids is 1. The SMILES string of the molecule is CC(=CCOC(=O)C(C)=CCC(C)C)C(=O)O. The number of ether oxygens (including phenoxy) is 1. The van der Waals surface area contributed by atoms with Crippen LogP contribution in [0.15, 0.2) is 23.3 Å². The van der Waals surface area contributed by atoms with Crippen LogP contribution in [0.5, 0.6) is 0 Å². The molecule has 0 aliphatic rings. The molecule has 0 fully saturated rings. The van der Waals surface area contributed by atoms with E-state index in [1.807, 2.05) is 6.08 Å². The summed E-state index contributed by atoms with van der Waals surface area (Å²) < 4.78 is 4.91. The molecule has 0 aromatic rings. The molecule has 0 heterocycles. The van der Waals surface area contributed by atoms with E-state index in [0.717, 1.165) is 6.42 Å². The predicted molar refractivity (Wildman–Crippen MR) is 65.6 cm³/mol. The van der Waals surface area contributed by atoms with Gasteiger partial charge in [-0.25, -0.2) is 9.59 Å². The second-order valence-electron chi connectivity index (χ2n) is 4.31. The van der Waals surface area contributed by atoms with Gasteiger partial charge in [-0.3, -0.25) is 0 Å². The topological polar surface area (TPSA) is 63.6 Å². The molecule has 4 nitrogen and oxygen atoms in total. The molecule has 0 radical (unpaired) electrons. The van der Waals surface area contributed by atoms with Gasteiger partial charge in [0.1, 0.15) is 6.61 Å². The van der Waals surface area contributed by atoms with Gasteiger partial charge in [-0.15, -0.1) is 0 Å². The molecule has 0 aromatic heterocycles. The number of allylic oxidation sites excluding steroid dienone is 1. The third-order valence-electron chi connectivity index (χ3n) is 2.16. The first-order valence-corrected chi connectivity index (χ1v) is 5.58. The largest absolute Gasteiger partial charge is 0.478 e. The first-order chi connectivity index (χ1) is 7.84. The summed E-state index contributed by atoms with van der Waals surface area (Å²) >= 11 is 0. The predicted octanol–water partition coefficient (Wildman–Crippen LogP) is 2.55. The lowest BCUT2D eigenvalue weighted by Gasteiger charge is -2.04. The lowest BCUT2D eigenvalue weighted by molar-refractivity contribution is -0.138. The van der Waals surface area contributed by atoms with Crippen molar-refractivity contribution >= 4 is 11.9 Å². The minimum atomic E-state index is -1.01. The second-order valence-corrected chi connectivity index (χ2v) is 4.31. The van der Waals surface area contributed by atoms with Crippen molar-refractivity contribution in [3.63, 3.8) is 0 Å². The minimum absolute atomic E-state index is 0.0101. The van der Waals surface area contributed by atoms with Gasteiger partial charge in [-0.2, -0.15) is 0 Å². The van der Waals surface area contributed by atoms with E-state index in [1.165, 1.54) is 13.0 Å². The molecule has 0 saturated heterocycles. The van der Waals surface area contributed by atoms with Crippen molar-refractivity contribution in [2.75, 3.05) is 6.61 Å². The normalized spacial score (nSPS) is 12.8. The maximum Gasteiger partial charge on any atom is 0.333 e. The van der Waals surface area contributed by atoms with Gasteiger partial charge in [0.25, 0.3) is 0 Å². The summed E-state index contributed by atoms with van der Waals surface area (Å²) in [5, 5.41) is 8.58. The number of hydrogen-bond acceptors (Lipinski definition) is 3. The highest BCUT2D eigenvalue weighted by atomic mass is 16.5. The zero-order valence-electron chi connectivity index (χ0n) is 10.8. The van der Waals surface area contributed by atoms with Gasteiger partial charge >= 0.3 is 11.9 Å². The number of carboxylic acid groups (broad SMARTS) is 1. The fourth-order valence-electron chi connectivity index (χ4n) is 0.939. The van der Waals surface area contributed by atoms with Crippen LogP contribution < -0.4 is 0 Å². The zero-order chi connectivity index (χ0) is 13.4. The third-order valence-corrected chi connectivity index (χ3v) is 2.16. The van der Waals surface area contributed by atoms with Gasteiger partial charge in [-0.05, 0) is 32.3 Å². The fraction of sp³-hybridized carbons (Fsp3) is 0.538. The molecule has 0 saturated carbocycles. The van der Waals surface area contributed by atoms with E-state index in [4.69, 9.17) is 9.84 Å². The molecule has 0 rings (SSSR count). The molecule has 0 aliphatic carbocycles. The Bertz CT molecular complexity index is 337. The highest BCUT2D eigenvalue weighted by Gasteiger charge is 2.05. The van der Waals surface area contributed by atoms with Crippen LogP contribution in [0.1, 0.15) is 34.1 Å². The van der Waals surface area contributed by atoms with Crippen LogP contribution >= 0.6 is 0 Å². The molecule has 0 bridgehead atoms. The molecule has 17 heavy (non-hydrogen) atoms. The molecule has 0 amide bonds. The van der Waals surface area contributed by atoms with Crippen molar-refractivity contribution in [1.82, 2.24) is 0 Å². The number of aliphatic carboxylic acids is 1. The minimum Gasteiger partial charge on any atom is -0.478 e. The Labute approximate surface area is 102 Å². The number of carboxylic acids is 1. The number of hydrogen-bond donors (Lipinski definition) is 1. The summed E-state index contributed by atoms with van der Waals surface area (Å²) in [7, 11) is 0. The Kier molecular flexibility index (Phi) is 6.94. The van der Waals surface area contributed by atoms with Gasteiger partial charge < -0.3 is 9.84 Å². The molecular formula is C13H20O4. The molecule has 0 unspecified atom stereocenters. The van der Waals surface area contributed by atoms with Gasteiger partial charge in [0, 0.05) is 11.1 Å². The summed E-state index contributed by atoms with van der Waals surface area (Å²) in [4.78, 5) is 21.9. The van der Waals surface area contributed by atoms with Crippen LogP contribution in [-0.4, -0.2) is 23.7 Å². The maximum atomic E-state index is 11.4. The molecule has 0 atom stereocenters. The molecule has 96 valence electrons. The lowest BCUT2D eigenvalue weighted by Crippen LogP contribution is -2.07. The number of esters is 1. The van der Waals surface area contributed by atoms with Crippen molar-refractivity contribution in [2.24, 2.45) is 5.92 Å². The highest BCUT2D eigenvalue weighted by Crippen LogP contribution is 2.05. The van der Waals surface area contributed by atoms with Crippen LogP contribution in [0.4, 0.5) is 0 Å². The van der Waals surface area contributed by atoms with E-state index in [1.54, 1.807) is 6.92 Å². The van der Waals surface area contributed by atoms with Crippen LogP contribution in [0.25, 0.3) is 0 Å². The standard InChI is InChI=1S/C13H20O4/c1-9(2)5-6-11(4)13(16)17-8-7-10(3)12(14)15/h6-7,9H,5,8H2,1-4H3,(H,14,15). The summed E-state index contributed by atoms with van der Waals surface area (Å²) in [5.41, 5.74) is 0.724. The Hall–Kier alpha value is -1.58. The van der Waals surface area contributed by atoms with E-state index < -0.39 is 11.9 Å². The Morgan fingerprint density at radius 1 is 1.18 bits per heavy atom. The van der Waals surface area contributed by atoms with Crippen molar-refractivity contribution in [2.45, 2.75) is 34.1 Å². The highest BCUT2D eigenvalue weighted by molar-refractivity contribution is 5.88. The van der Waals surface area contributed by atoms with Crippen molar-refractivity contribution < 1.29 is 19.4 Å². The number of rotatable bonds is 6. The van der Waals surface area contributed by atoms with Crippen LogP contribution in [0.2, 0.25) is 0 Å². The average molecular weight is 240 g/mol. The third kappa shape index (κ3) is 7.33. The molecule has 4 heteroatoms. The average Bonchev–Trinajstić information content (AvgIpc) is 2.25. The molecule has 0 aromatic carbocycles. The second kappa shape index (κ2) is 7.65. The van der Waals surface area contributed by atoms with Crippen molar-refractivity contribution in [1.29, 1.82) is 0 Å². The van der Waals surface area contributed by atoms with Gasteiger partial charge in [0.15, 0.2) is 0 Å². The summed E-state index contributed by atoms with van der Waals surface area (Å²) in [6.07, 6.45) is 4.03. The fourth-order valence-corrected chi connectivity index (χ4v) is 0.939. The Morgan fingerprint density at radius 3 is 2.24 bits per heavy atom. The van der Waals surface area contributed by atoms with E-state index in [-0.39, 0.29) is 12.2 Å². The van der Waals surface area contributed by atoms with Gasteiger partial charge in [0.05, 0.1) is 0 Å². The molecule has 0 aliphatic heterocycles. The van der Waals surface area contributed by atoms with Crippen LogP contribution in [-0.2, 0) is 14.3 Å². The van der Waals surface area contributed by atoms with Crippen molar-refractivity contribution in [3.8, 4) is 0 Å². The first-order valence-electron chi connectivity index (χ1n) is 5.58. The van der Waals surface area contributed by atoms with Gasteiger partial charge in [-0.1, -0.05) is 19.9 Å². The van der Waals surface area contributed by atoms with Crippen LogP contribution in [0, 0.1) is 5.92 Å². The van der Waals surface area contributed by atoms with Gasteiger partial charge in [0.2, 0.25) is 0 Å². The van der Waals surface area contributed by atoms with E-state index in [0.29, 0.717) is 11.5 Å². The Balaban J connectivity index is 4.15. The molecule has 0 spiro atoms. The smallest absolute Gasteiger partial charge is 0.333 e. The monoisotopic (exact) mass is 240 g/mol. The van der Waals surface area contributed by atoms with E-state index >= 15 is 0 Å². The van der Waals surface area contributed by atoms with Crippen molar-refractivity contribution in [3.05, 3.63) is 23.3 Å². The summed E-state index contributed by atoms with van der Waals surface area (Å²) in [6.45, 7) is 7.27. The first kappa shape index (κ1) is 15.4. The molecule has 1 N–H and O–H groups in total. The zero-order valence-corrected chi connectivity index (χ0v) is 10.8. The van der Waals surface area contributed by atoms with E-state index in [9.17, 15) is 9.59 Å². The molecular weight excluding hydrogens is 220 g/mol. The van der Waals surface area contributed by atoms with E-state index in [2.05, 4.69) is 13.8 Å². The summed E-state index contributed by atoms with van der Waals surface area (Å²) in [5.74, 6) is -0.917. The quantitative estimate of drug-likeness (QED) is 0.572. The lowest BCUT2D eigenvalue weighted by atomic mass is 10.1.